The van der Waals surface area contributed by atoms with Crippen molar-refractivity contribution in [2.24, 2.45) is 5.92 Å². The van der Waals surface area contributed by atoms with Crippen LogP contribution in [0.1, 0.15) is 41.9 Å². The van der Waals surface area contributed by atoms with Gasteiger partial charge in [-0.25, -0.2) is 4.98 Å². The first-order valence-electron chi connectivity index (χ1n) is 6.34. The Labute approximate surface area is 112 Å². The molecule has 0 amide bonds. The molecule has 3 unspecified atom stereocenters. The van der Waals surface area contributed by atoms with Gasteiger partial charge >= 0.3 is 5.97 Å². The number of carbonyl (C=O) groups is 1. The summed E-state index contributed by atoms with van der Waals surface area (Å²) < 4.78 is 0. The summed E-state index contributed by atoms with van der Waals surface area (Å²) in [4.78, 5) is 19.2. The average molecular weight is 268 g/mol. The van der Waals surface area contributed by atoms with Crippen molar-refractivity contribution in [3.63, 3.8) is 0 Å². The molecule has 1 N–H and O–H groups in total. The van der Waals surface area contributed by atoms with E-state index < -0.39 is 5.97 Å². The van der Waals surface area contributed by atoms with Gasteiger partial charge in [0.05, 0.1) is 16.7 Å². The predicted molar refractivity (Wildman–Crippen MR) is 71.9 cm³/mol. The van der Waals surface area contributed by atoms with E-state index in [0.29, 0.717) is 0 Å². The SMILES string of the molecule is Cc1nc(C(C)N2CCC(C)C2C(=O)O)c(C)s1. The van der Waals surface area contributed by atoms with Gasteiger partial charge in [-0.1, -0.05) is 6.92 Å². The second-order valence-corrected chi connectivity index (χ2v) is 6.54. The lowest BCUT2D eigenvalue weighted by Crippen LogP contribution is -2.40. The highest BCUT2D eigenvalue weighted by Crippen LogP contribution is 2.34. The summed E-state index contributed by atoms with van der Waals surface area (Å²) in [5.74, 6) is -0.499. The fraction of sp³-hybridized carbons (Fsp3) is 0.692. The van der Waals surface area contributed by atoms with Crippen LogP contribution >= 0.6 is 11.3 Å². The van der Waals surface area contributed by atoms with Gasteiger partial charge in [0, 0.05) is 4.88 Å². The highest BCUT2D eigenvalue weighted by atomic mass is 32.1. The zero-order valence-electron chi connectivity index (χ0n) is 11.3. The second-order valence-electron chi connectivity index (χ2n) is 5.14. The van der Waals surface area contributed by atoms with Crippen molar-refractivity contribution in [2.75, 3.05) is 6.54 Å². The normalized spacial score (nSPS) is 26.4. The highest BCUT2D eigenvalue weighted by Gasteiger charge is 2.40. The van der Waals surface area contributed by atoms with Crippen molar-refractivity contribution in [1.82, 2.24) is 9.88 Å². The number of thiazole rings is 1. The molecule has 1 saturated heterocycles. The highest BCUT2D eigenvalue weighted by molar-refractivity contribution is 7.11. The maximum Gasteiger partial charge on any atom is 0.321 e. The third kappa shape index (κ3) is 2.29. The number of aryl methyl sites for hydroxylation is 2. The van der Waals surface area contributed by atoms with E-state index in [1.54, 1.807) is 11.3 Å². The summed E-state index contributed by atoms with van der Waals surface area (Å²) in [6.07, 6.45) is 0.948. The molecule has 1 aliphatic rings. The lowest BCUT2D eigenvalue weighted by atomic mass is 10.0. The molecule has 3 atom stereocenters. The molecule has 5 heteroatoms. The molecule has 0 saturated carbocycles. The van der Waals surface area contributed by atoms with E-state index in [9.17, 15) is 9.90 Å². The third-order valence-electron chi connectivity index (χ3n) is 3.82. The number of aliphatic carboxylic acids is 1. The van der Waals surface area contributed by atoms with Gasteiger partial charge in [0.25, 0.3) is 0 Å². The van der Waals surface area contributed by atoms with Crippen molar-refractivity contribution >= 4 is 17.3 Å². The van der Waals surface area contributed by atoms with E-state index >= 15 is 0 Å². The summed E-state index contributed by atoms with van der Waals surface area (Å²) >= 11 is 1.68. The van der Waals surface area contributed by atoms with Gasteiger partial charge in [-0.05, 0) is 39.7 Å². The molecule has 1 aromatic rings. The number of hydrogen-bond donors (Lipinski definition) is 1. The molecule has 1 aromatic heterocycles. The molecule has 0 radical (unpaired) electrons. The maximum absolute atomic E-state index is 11.4. The van der Waals surface area contributed by atoms with Crippen molar-refractivity contribution in [3.8, 4) is 0 Å². The molecule has 18 heavy (non-hydrogen) atoms. The number of rotatable bonds is 3. The zero-order valence-corrected chi connectivity index (χ0v) is 12.1. The van der Waals surface area contributed by atoms with Crippen molar-refractivity contribution in [3.05, 3.63) is 15.6 Å². The molecule has 0 aliphatic carbocycles. The Morgan fingerprint density at radius 1 is 1.56 bits per heavy atom. The lowest BCUT2D eigenvalue weighted by Gasteiger charge is -2.28. The molecule has 0 aromatic carbocycles. The van der Waals surface area contributed by atoms with Crippen LogP contribution in [0.15, 0.2) is 0 Å². The molecule has 4 nitrogen and oxygen atoms in total. The Morgan fingerprint density at radius 2 is 2.22 bits per heavy atom. The number of nitrogens with zero attached hydrogens (tertiary/aromatic N) is 2. The van der Waals surface area contributed by atoms with Crippen LogP contribution in [-0.4, -0.2) is 33.5 Å². The number of carboxylic acids is 1. The maximum atomic E-state index is 11.4. The van der Waals surface area contributed by atoms with E-state index in [-0.39, 0.29) is 18.0 Å². The fourth-order valence-electron chi connectivity index (χ4n) is 2.89. The third-order valence-corrected chi connectivity index (χ3v) is 4.73. The molecule has 2 rings (SSSR count). The van der Waals surface area contributed by atoms with Gasteiger partial charge in [0.2, 0.25) is 0 Å². The van der Waals surface area contributed by atoms with Crippen LogP contribution in [-0.2, 0) is 4.79 Å². The molecular formula is C13H20N2O2S. The van der Waals surface area contributed by atoms with Crippen LogP contribution in [0.3, 0.4) is 0 Å². The van der Waals surface area contributed by atoms with Gasteiger partial charge in [-0.2, -0.15) is 0 Å². The van der Waals surface area contributed by atoms with E-state index in [4.69, 9.17) is 0 Å². The van der Waals surface area contributed by atoms with Crippen LogP contribution in [0.2, 0.25) is 0 Å². The van der Waals surface area contributed by atoms with Crippen LogP contribution in [0.25, 0.3) is 0 Å². The summed E-state index contributed by atoms with van der Waals surface area (Å²) in [5.41, 5.74) is 1.04. The molecule has 0 spiro atoms. The van der Waals surface area contributed by atoms with Crippen molar-refractivity contribution in [1.29, 1.82) is 0 Å². The van der Waals surface area contributed by atoms with E-state index in [1.165, 1.54) is 4.88 Å². The first-order valence-corrected chi connectivity index (χ1v) is 7.16. The summed E-state index contributed by atoms with van der Waals surface area (Å²) in [6, 6.07) is -0.289. The Kier molecular flexibility index (Phi) is 3.73. The Bertz CT molecular complexity index is 458. The van der Waals surface area contributed by atoms with Gasteiger partial charge in [0.1, 0.15) is 6.04 Å². The Hall–Kier alpha value is -0.940. The molecular weight excluding hydrogens is 248 g/mol. The van der Waals surface area contributed by atoms with Crippen LogP contribution in [0, 0.1) is 19.8 Å². The van der Waals surface area contributed by atoms with Gasteiger partial charge in [0.15, 0.2) is 0 Å². The number of likely N-dealkylation sites (tertiary alicyclic amines) is 1. The number of carboxylic acid groups (broad SMARTS) is 1. The summed E-state index contributed by atoms with van der Waals surface area (Å²) in [5, 5.41) is 10.4. The van der Waals surface area contributed by atoms with Gasteiger partial charge < -0.3 is 5.11 Å². The molecule has 1 aliphatic heterocycles. The van der Waals surface area contributed by atoms with Crippen LogP contribution < -0.4 is 0 Å². The Morgan fingerprint density at radius 3 is 2.72 bits per heavy atom. The molecule has 1 fully saturated rings. The van der Waals surface area contributed by atoms with E-state index in [0.717, 1.165) is 23.7 Å². The Balaban J connectivity index is 2.26. The van der Waals surface area contributed by atoms with Gasteiger partial charge in [-0.3, -0.25) is 9.69 Å². The van der Waals surface area contributed by atoms with Crippen molar-refractivity contribution in [2.45, 2.75) is 46.2 Å². The summed E-state index contributed by atoms with van der Waals surface area (Å²) in [6.45, 7) is 8.98. The van der Waals surface area contributed by atoms with Crippen molar-refractivity contribution < 1.29 is 9.90 Å². The minimum Gasteiger partial charge on any atom is -0.480 e. The zero-order chi connectivity index (χ0) is 13.4. The smallest absolute Gasteiger partial charge is 0.321 e. The monoisotopic (exact) mass is 268 g/mol. The average Bonchev–Trinajstić information content (AvgIpc) is 2.80. The minimum atomic E-state index is -0.712. The van der Waals surface area contributed by atoms with Crippen LogP contribution in [0.5, 0.6) is 0 Å². The lowest BCUT2D eigenvalue weighted by molar-refractivity contribution is -0.144. The summed E-state index contributed by atoms with van der Waals surface area (Å²) in [7, 11) is 0. The standard InChI is InChI=1S/C13H20N2O2S/c1-7-5-6-15(12(7)13(16)17)8(2)11-9(3)18-10(4)14-11/h7-8,12H,5-6H2,1-4H3,(H,16,17). The second kappa shape index (κ2) is 4.97. The number of hydrogen-bond acceptors (Lipinski definition) is 4. The van der Waals surface area contributed by atoms with Gasteiger partial charge in [-0.15, -0.1) is 11.3 Å². The predicted octanol–water partition coefficient (Wildman–Crippen LogP) is 2.62. The molecule has 100 valence electrons. The largest absolute Gasteiger partial charge is 0.480 e. The number of aromatic nitrogens is 1. The molecule has 2 heterocycles. The minimum absolute atomic E-state index is 0.0843. The fourth-order valence-corrected chi connectivity index (χ4v) is 3.79. The first-order chi connectivity index (χ1) is 8.41. The van der Waals surface area contributed by atoms with E-state index in [1.807, 2.05) is 13.8 Å². The first kappa shape index (κ1) is 13.5. The quantitative estimate of drug-likeness (QED) is 0.915. The van der Waals surface area contributed by atoms with E-state index in [2.05, 4.69) is 23.7 Å². The topological polar surface area (TPSA) is 53.4 Å². The van der Waals surface area contributed by atoms with Crippen LogP contribution in [0.4, 0.5) is 0 Å². The molecule has 0 bridgehead atoms.